The number of halogens is 3. The molecule has 2 rings (SSSR count). The molecule has 2 N–H and O–H groups in total. The lowest BCUT2D eigenvalue weighted by atomic mass is 10.2. The van der Waals surface area contributed by atoms with E-state index in [-0.39, 0.29) is 0 Å². The summed E-state index contributed by atoms with van der Waals surface area (Å²) in [4.78, 5) is 0.422. The molecule has 0 aromatic heterocycles. The smallest absolute Gasteiger partial charge is 0.139 e. The molecule has 0 aliphatic heterocycles. The van der Waals surface area contributed by atoms with Crippen LogP contribution in [-0.4, -0.2) is 0 Å². The fourth-order valence-corrected chi connectivity index (χ4v) is 2.96. The number of thioether (sulfide) groups is 1. The molecule has 5 heteroatoms. The van der Waals surface area contributed by atoms with Crippen LogP contribution in [0.15, 0.2) is 45.8 Å². The largest absolute Gasteiger partial charge is 0.398 e. The van der Waals surface area contributed by atoms with Gasteiger partial charge in [0, 0.05) is 26.9 Å². The van der Waals surface area contributed by atoms with Crippen molar-refractivity contribution in [2.75, 3.05) is 5.73 Å². The van der Waals surface area contributed by atoms with E-state index in [2.05, 4.69) is 15.9 Å². The van der Waals surface area contributed by atoms with E-state index in [4.69, 9.17) is 5.73 Å². The van der Waals surface area contributed by atoms with Gasteiger partial charge in [-0.1, -0.05) is 12.1 Å². The lowest BCUT2D eigenvalue weighted by Crippen LogP contribution is -1.91. The first kappa shape index (κ1) is 13.4. The molecular weight excluding hydrogens is 320 g/mol. The zero-order chi connectivity index (χ0) is 13.1. The number of nitrogen functional groups attached to an aromatic ring is 1. The maximum atomic E-state index is 13.4. The Bertz CT molecular complexity index is 575. The van der Waals surface area contributed by atoms with Gasteiger partial charge in [-0.05, 0) is 39.7 Å². The molecule has 0 fully saturated rings. The summed E-state index contributed by atoms with van der Waals surface area (Å²) >= 11 is 4.70. The van der Waals surface area contributed by atoms with Crippen LogP contribution < -0.4 is 5.73 Å². The third-order valence-electron chi connectivity index (χ3n) is 2.39. The van der Waals surface area contributed by atoms with E-state index < -0.39 is 11.6 Å². The van der Waals surface area contributed by atoms with Gasteiger partial charge in [0.2, 0.25) is 0 Å². The molecule has 0 aliphatic rings. The highest BCUT2D eigenvalue weighted by molar-refractivity contribution is 9.10. The van der Waals surface area contributed by atoms with Crippen LogP contribution in [0.1, 0.15) is 5.56 Å². The number of hydrogen-bond donors (Lipinski definition) is 1. The summed E-state index contributed by atoms with van der Waals surface area (Å²) < 4.78 is 27.0. The molecule has 0 bridgehead atoms. The average Bonchev–Trinajstić information content (AvgIpc) is 2.33. The monoisotopic (exact) mass is 329 g/mol. The van der Waals surface area contributed by atoms with Crippen molar-refractivity contribution >= 4 is 33.4 Å². The molecule has 1 nitrogen and oxygen atoms in total. The summed E-state index contributed by atoms with van der Waals surface area (Å²) in [5.41, 5.74) is 7.38. The van der Waals surface area contributed by atoms with Gasteiger partial charge < -0.3 is 5.73 Å². The zero-order valence-corrected chi connectivity index (χ0v) is 11.7. The van der Waals surface area contributed by atoms with E-state index in [0.29, 0.717) is 16.3 Å². The van der Waals surface area contributed by atoms with Crippen LogP contribution in [0, 0.1) is 11.6 Å². The van der Waals surface area contributed by atoms with Gasteiger partial charge in [-0.2, -0.15) is 0 Å². The summed E-state index contributed by atoms with van der Waals surface area (Å²) in [6.45, 7) is 0. The Hall–Kier alpha value is -1.07. The van der Waals surface area contributed by atoms with Crippen LogP contribution in [-0.2, 0) is 5.75 Å². The van der Waals surface area contributed by atoms with E-state index in [1.54, 1.807) is 6.07 Å². The second-order valence-electron chi connectivity index (χ2n) is 3.68. The molecule has 0 atom stereocenters. The first-order valence-corrected chi connectivity index (χ1v) is 6.96. The van der Waals surface area contributed by atoms with Crippen molar-refractivity contribution in [3.8, 4) is 0 Å². The summed E-state index contributed by atoms with van der Waals surface area (Å²) in [6.07, 6.45) is 0. The number of hydrogen-bond acceptors (Lipinski definition) is 2. The SMILES string of the molecule is Nc1cccc(CSc2ccc(F)cc2F)c1Br. The van der Waals surface area contributed by atoms with Gasteiger partial charge in [-0.15, -0.1) is 11.8 Å². The topological polar surface area (TPSA) is 26.0 Å². The molecule has 0 spiro atoms. The molecule has 2 aromatic carbocycles. The van der Waals surface area contributed by atoms with Crippen LogP contribution in [0.3, 0.4) is 0 Å². The highest BCUT2D eigenvalue weighted by Gasteiger charge is 2.07. The molecule has 2 aromatic rings. The molecule has 0 saturated heterocycles. The quantitative estimate of drug-likeness (QED) is 0.657. The van der Waals surface area contributed by atoms with Gasteiger partial charge in [0.1, 0.15) is 11.6 Å². The van der Waals surface area contributed by atoms with Crippen molar-refractivity contribution in [2.24, 2.45) is 0 Å². The normalized spacial score (nSPS) is 10.6. The Kier molecular flexibility index (Phi) is 4.24. The van der Waals surface area contributed by atoms with Crippen molar-refractivity contribution in [3.05, 3.63) is 58.1 Å². The van der Waals surface area contributed by atoms with Crippen LogP contribution in [0.4, 0.5) is 14.5 Å². The zero-order valence-electron chi connectivity index (χ0n) is 9.29. The molecule has 0 amide bonds. The minimum atomic E-state index is -0.568. The van der Waals surface area contributed by atoms with Gasteiger partial charge in [0.05, 0.1) is 0 Å². The Morgan fingerprint density at radius 2 is 1.94 bits per heavy atom. The van der Waals surface area contributed by atoms with Crippen molar-refractivity contribution in [3.63, 3.8) is 0 Å². The highest BCUT2D eigenvalue weighted by atomic mass is 79.9. The summed E-state index contributed by atoms with van der Waals surface area (Å²) in [7, 11) is 0. The minimum absolute atomic E-state index is 0.422. The highest BCUT2D eigenvalue weighted by Crippen LogP contribution is 2.31. The number of benzene rings is 2. The van der Waals surface area contributed by atoms with Gasteiger partial charge in [0.15, 0.2) is 0 Å². The van der Waals surface area contributed by atoms with Crippen molar-refractivity contribution in [1.82, 2.24) is 0 Å². The van der Waals surface area contributed by atoms with E-state index >= 15 is 0 Å². The third-order valence-corrected chi connectivity index (χ3v) is 4.45. The van der Waals surface area contributed by atoms with Gasteiger partial charge in [-0.25, -0.2) is 8.78 Å². The van der Waals surface area contributed by atoms with Crippen LogP contribution in [0.2, 0.25) is 0 Å². The maximum absolute atomic E-state index is 13.4. The van der Waals surface area contributed by atoms with Crippen LogP contribution in [0.25, 0.3) is 0 Å². The molecule has 94 valence electrons. The molecule has 0 unspecified atom stereocenters. The lowest BCUT2D eigenvalue weighted by molar-refractivity contribution is 0.565. The second-order valence-corrected chi connectivity index (χ2v) is 5.49. The van der Waals surface area contributed by atoms with Gasteiger partial charge in [-0.3, -0.25) is 0 Å². The van der Waals surface area contributed by atoms with Crippen LogP contribution in [0.5, 0.6) is 0 Å². The summed E-state index contributed by atoms with van der Waals surface area (Å²) in [5, 5.41) is 0. The van der Waals surface area contributed by atoms with Gasteiger partial charge >= 0.3 is 0 Å². The van der Waals surface area contributed by atoms with E-state index in [1.165, 1.54) is 23.9 Å². The second kappa shape index (κ2) is 5.71. The van der Waals surface area contributed by atoms with E-state index in [0.717, 1.165) is 16.1 Å². The molecule has 0 heterocycles. The Balaban J connectivity index is 2.14. The van der Waals surface area contributed by atoms with Crippen LogP contribution >= 0.6 is 27.7 Å². The summed E-state index contributed by atoms with van der Waals surface area (Å²) in [5.74, 6) is -0.546. The third kappa shape index (κ3) is 3.03. The van der Waals surface area contributed by atoms with Gasteiger partial charge in [0.25, 0.3) is 0 Å². The fraction of sp³-hybridized carbons (Fsp3) is 0.0769. The van der Waals surface area contributed by atoms with Crippen molar-refractivity contribution < 1.29 is 8.78 Å². The molecular formula is C13H10BrF2NS. The fourth-order valence-electron chi connectivity index (χ4n) is 1.46. The standard InChI is InChI=1S/C13H10BrF2NS/c14-13-8(2-1-3-11(13)17)7-18-12-5-4-9(15)6-10(12)16/h1-6H,7,17H2. The predicted molar refractivity (Wildman–Crippen MR) is 74.5 cm³/mol. The molecule has 0 aliphatic carbocycles. The average molecular weight is 330 g/mol. The Morgan fingerprint density at radius 1 is 1.17 bits per heavy atom. The van der Waals surface area contributed by atoms with Crippen molar-refractivity contribution in [2.45, 2.75) is 10.6 Å². The number of rotatable bonds is 3. The first-order valence-electron chi connectivity index (χ1n) is 5.18. The Labute approximate surface area is 117 Å². The van der Waals surface area contributed by atoms with E-state index in [1.807, 2.05) is 12.1 Å². The first-order chi connectivity index (χ1) is 8.58. The molecule has 0 saturated carbocycles. The molecule has 0 radical (unpaired) electrons. The minimum Gasteiger partial charge on any atom is -0.398 e. The van der Waals surface area contributed by atoms with Crippen molar-refractivity contribution in [1.29, 1.82) is 0 Å². The lowest BCUT2D eigenvalue weighted by Gasteiger charge is -2.07. The molecule has 18 heavy (non-hydrogen) atoms. The Morgan fingerprint density at radius 3 is 2.67 bits per heavy atom. The number of nitrogens with two attached hydrogens (primary N) is 1. The predicted octanol–water partition coefficient (Wildman–Crippen LogP) is 4.60. The van der Waals surface area contributed by atoms with E-state index in [9.17, 15) is 8.78 Å². The number of anilines is 1. The maximum Gasteiger partial charge on any atom is 0.139 e. The summed E-state index contributed by atoms with van der Waals surface area (Å²) in [6, 6.07) is 9.12.